The van der Waals surface area contributed by atoms with Crippen LogP contribution in [0.3, 0.4) is 0 Å². The van der Waals surface area contributed by atoms with Crippen molar-refractivity contribution >= 4 is 6.03 Å². The van der Waals surface area contributed by atoms with Crippen molar-refractivity contribution in [2.24, 2.45) is 0 Å². The highest BCUT2D eigenvalue weighted by molar-refractivity contribution is 5.75. The minimum absolute atomic E-state index is 0.0995. The van der Waals surface area contributed by atoms with Crippen LogP contribution in [0.25, 0.3) is 5.69 Å². The molecule has 27 heavy (non-hydrogen) atoms. The number of carbonyl (C=O) groups is 1. The van der Waals surface area contributed by atoms with E-state index in [9.17, 15) is 27.2 Å². The molecular formula is C15H13F4N5O3. The lowest BCUT2D eigenvalue weighted by molar-refractivity contribution is -0.275. The molecule has 0 atom stereocenters. The molecule has 0 fully saturated rings. The van der Waals surface area contributed by atoms with Crippen LogP contribution in [-0.2, 0) is 0 Å². The van der Waals surface area contributed by atoms with E-state index in [1.54, 1.807) is 0 Å². The number of carbonyl (C=O) groups excluding carboxylic acids is 1. The van der Waals surface area contributed by atoms with Gasteiger partial charge in [0.1, 0.15) is 0 Å². The number of nitrogens with zero attached hydrogens (tertiary/aromatic N) is 5. The van der Waals surface area contributed by atoms with Gasteiger partial charge in [-0.3, -0.25) is 0 Å². The van der Waals surface area contributed by atoms with Gasteiger partial charge in [0.2, 0.25) is 0 Å². The van der Waals surface area contributed by atoms with Gasteiger partial charge in [-0.05, 0) is 22.6 Å². The van der Waals surface area contributed by atoms with Crippen LogP contribution < -0.4 is 10.4 Å². The molecule has 0 saturated heterocycles. The lowest BCUT2D eigenvalue weighted by Crippen LogP contribution is -2.41. The number of tetrazole rings is 1. The summed E-state index contributed by atoms with van der Waals surface area (Å²) in [6, 6.07) is 1.40. The van der Waals surface area contributed by atoms with Crippen molar-refractivity contribution in [3.05, 3.63) is 59.8 Å². The number of hydrogen-bond donors (Lipinski definition) is 0. The van der Waals surface area contributed by atoms with Gasteiger partial charge in [-0.25, -0.2) is 14.0 Å². The minimum Gasteiger partial charge on any atom is -0.403 e. The highest BCUT2D eigenvalue weighted by atomic mass is 19.4. The summed E-state index contributed by atoms with van der Waals surface area (Å²) in [6.45, 7) is 7.17. The fourth-order valence-electron chi connectivity index (χ4n) is 2.03. The first-order valence-electron chi connectivity index (χ1n) is 7.29. The van der Waals surface area contributed by atoms with Crippen molar-refractivity contribution in [1.29, 1.82) is 0 Å². The first-order chi connectivity index (χ1) is 12.7. The number of hydrogen-bond acceptors (Lipinski definition) is 5. The zero-order valence-electron chi connectivity index (χ0n) is 13.7. The SMILES string of the molecule is C=CCN(CC=C)C(=O)n1nnn(-c2ccc(OC(F)(F)F)c(F)c2)c1=O. The van der Waals surface area contributed by atoms with Crippen LogP contribution >= 0.6 is 0 Å². The summed E-state index contributed by atoms with van der Waals surface area (Å²) < 4.78 is 54.8. The summed E-state index contributed by atoms with van der Waals surface area (Å²) in [7, 11) is 0. The van der Waals surface area contributed by atoms with E-state index >= 15 is 0 Å². The zero-order chi connectivity index (χ0) is 20.2. The van der Waals surface area contributed by atoms with E-state index in [2.05, 4.69) is 28.3 Å². The molecule has 0 aliphatic carbocycles. The fourth-order valence-corrected chi connectivity index (χ4v) is 2.03. The lowest BCUT2D eigenvalue weighted by atomic mass is 10.3. The predicted molar refractivity (Wildman–Crippen MR) is 85.0 cm³/mol. The van der Waals surface area contributed by atoms with E-state index in [1.807, 2.05) is 0 Å². The Kier molecular flexibility index (Phi) is 5.78. The maximum Gasteiger partial charge on any atom is 0.573 e. The van der Waals surface area contributed by atoms with Crippen molar-refractivity contribution in [3.8, 4) is 11.4 Å². The number of aromatic nitrogens is 4. The van der Waals surface area contributed by atoms with Gasteiger partial charge in [-0.15, -0.1) is 31.0 Å². The predicted octanol–water partition coefficient (Wildman–Crippen LogP) is 2.11. The van der Waals surface area contributed by atoms with Crippen molar-refractivity contribution in [1.82, 2.24) is 24.7 Å². The first-order valence-corrected chi connectivity index (χ1v) is 7.29. The second kappa shape index (κ2) is 7.85. The Bertz CT molecular complexity index is 909. The molecule has 8 nitrogen and oxygen atoms in total. The third-order valence-corrected chi connectivity index (χ3v) is 3.12. The molecule has 2 aromatic rings. The third kappa shape index (κ3) is 4.59. The van der Waals surface area contributed by atoms with Gasteiger partial charge in [0.05, 0.1) is 5.69 Å². The summed E-state index contributed by atoms with van der Waals surface area (Å²) in [6.07, 6.45) is -2.23. The molecule has 0 unspecified atom stereocenters. The van der Waals surface area contributed by atoms with Crippen LogP contribution in [0.15, 0.2) is 48.3 Å². The molecule has 1 aromatic carbocycles. The molecule has 0 spiro atoms. The van der Waals surface area contributed by atoms with Crippen LogP contribution in [0.2, 0.25) is 0 Å². The Morgan fingerprint density at radius 1 is 1.22 bits per heavy atom. The molecule has 0 aliphatic heterocycles. The van der Waals surface area contributed by atoms with E-state index in [0.717, 1.165) is 6.07 Å². The molecule has 12 heteroatoms. The van der Waals surface area contributed by atoms with E-state index < -0.39 is 29.6 Å². The summed E-state index contributed by atoms with van der Waals surface area (Å²) in [4.78, 5) is 25.8. The van der Waals surface area contributed by atoms with Crippen molar-refractivity contribution in [3.63, 3.8) is 0 Å². The zero-order valence-corrected chi connectivity index (χ0v) is 13.7. The average molecular weight is 387 g/mol. The van der Waals surface area contributed by atoms with Crippen LogP contribution in [-0.4, -0.2) is 50.2 Å². The number of halogens is 4. The molecule has 1 amide bonds. The second-order valence-electron chi connectivity index (χ2n) is 5.01. The van der Waals surface area contributed by atoms with Gasteiger partial charge in [0.15, 0.2) is 11.6 Å². The first kappa shape index (κ1) is 19.9. The van der Waals surface area contributed by atoms with Gasteiger partial charge in [0.25, 0.3) is 0 Å². The normalized spacial score (nSPS) is 11.1. The second-order valence-corrected chi connectivity index (χ2v) is 5.01. The van der Waals surface area contributed by atoms with Crippen molar-refractivity contribution < 1.29 is 27.1 Å². The molecule has 0 N–H and O–H groups in total. The van der Waals surface area contributed by atoms with Gasteiger partial charge < -0.3 is 9.64 Å². The maximum atomic E-state index is 13.8. The molecule has 0 radical (unpaired) electrons. The smallest absolute Gasteiger partial charge is 0.403 e. The molecule has 1 heterocycles. The standard InChI is InChI=1S/C15H13F4N5O3/c1-3-7-22(8-4-2)13(25)24-14(26)23(20-21-24)10-5-6-12(11(16)9-10)27-15(17,18)19/h3-6,9H,1-2,7-8H2. The van der Waals surface area contributed by atoms with Crippen LogP contribution in [0.5, 0.6) is 5.75 Å². The Morgan fingerprint density at radius 2 is 1.85 bits per heavy atom. The summed E-state index contributed by atoms with van der Waals surface area (Å²) in [5.74, 6) is -2.46. The van der Waals surface area contributed by atoms with E-state index in [0.29, 0.717) is 21.5 Å². The van der Waals surface area contributed by atoms with Crippen LogP contribution in [0.1, 0.15) is 0 Å². The molecule has 1 aromatic heterocycles. The van der Waals surface area contributed by atoms with Crippen molar-refractivity contribution in [2.75, 3.05) is 13.1 Å². The van der Waals surface area contributed by atoms with E-state index in [4.69, 9.17) is 0 Å². The van der Waals surface area contributed by atoms with E-state index in [-0.39, 0.29) is 18.8 Å². The Morgan fingerprint density at radius 3 is 2.37 bits per heavy atom. The van der Waals surface area contributed by atoms with Crippen LogP contribution in [0, 0.1) is 5.82 Å². The van der Waals surface area contributed by atoms with Gasteiger partial charge >= 0.3 is 18.1 Å². The number of benzene rings is 1. The van der Waals surface area contributed by atoms with Gasteiger partial charge in [-0.1, -0.05) is 12.2 Å². The van der Waals surface area contributed by atoms with Crippen LogP contribution in [0.4, 0.5) is 22.4 Å². The topological polar surface area (TPSA) is 82.2 Å². The molecule has 0 bridgehead atoms. The molecule has 2 rings (SSSR count). The Labute approximate surface area is 149 Å². The summed E-state index contributed by atoms with van der Waals surface area (Å²) in [5, 5.41) is 6.86. The average Bonchev–Trinajstić information content (AvgIpc) is 2.96. The third-order valence-electron chi connectivity index (χ3n) is 3.12. The Hall–Kier alpha value is -3.44. The number of amides is 1. The summed E-state index contributed by atoms with van der Waals surface area (Å²) >= 11 is 0. The number of alkyl halides is 3. The number of ether oxygens (including phenoxy) is 1. The molecule has 0 saturated carbocycles. The van der Waals surface area contributed by atoms with Gasteiger partial charge in [-0.2, -0.15) is 4.68 Å². The summed E-state index contributed by atoms with van der Waals surface area (Å²) in [5.41, 5.74) is -1.29. The quantitative estimate of drug-likeness (QED) is 0.431. The number of rotatable bonds is 6. The molecular weight excluding hydrogens is 374 g/mol. The minimum atomic E-state index is -5.07. The molecule has 144 valence electrons. The molecule has 0 aliphatic rings. The monoisotopic (exact) mass is 387 g/mol. The van der Waals surface area contributed by atoms with E-state index in [1.165, 1.54) is 17.1 Å². The lowest BCUT2D eigenvalue weighted by Gasteiger charge is -2.17. The van der Waals surface area contributed by atoms with Gasteiger partial charge in [0, 0.05) is 19.2 Å². The Balaban J connectivity index is 2.35. The largest absolute Gasteiger partial charge is 0.573 e. The fraction of sp³-hybridized carbons (Fsp3) is 0.200. The maximum absolute atomic E-state index is 13.8. The highest BCUT2D eigenvalue weighted by Gasteiger charge is 2.32. The van der Waals surface area contributed by atoms with Crippen molar-refractivity contribution in [2.45, 2.75) is 6.36 Å². The highest BCUT2D eigenvalue weighted by Crippen LogP contribution is 2.26.